The molecule has 0 unspecified atom stereocenters. The van der Waals surface area contributed by atoms with Gasteiger partial charge in [-0.15, -0.1) is 5.10 Å². The zero-order valence-corrected chi connectivity index (χ0v) is 11.9. The number of carbonyl (C=O) groups is 1. The van der Waals surface area contributed by atoms with Gasteiger partial charge in [0.25, 0.3) is 0 Å². The topological polar surface area (TPSA) is 70.2 Å². The van der Waals surface area contributed by atoms with E-state index < -0.39 is 0 Å². The Kier molecular flexibility index (Phi) is 3.51. The zero-order chi connectivity index (χ0) is 13.9. The van der Waals surface area contributed by atoms with E-state index in [9.17, 15) is 4.79 Å². The fraction of sp³-hybridized carbons (Fsp3) is 0.308. The first-order valence-corrected chi connectivity index (χ1v) is 7.24. The number of aromatic nitrogens is 2. The molecule has 1 aliphatic heterocycles. The molecule has 1 aromatic heterocycles. The van der Waals surface area contributed by atoms with Crippen molar-refractivity contribution >= 4 is 33.8 Å². The maximum atomic E-state index is 11.8. The molecule has 2 aromatic rings. The lowest BCUT2D eigenvalue weighted by atomic mass is 10.2. The van der Waals surface area contributed by atoms with Crippen LogP contribution in [0.1, 0.15) is 12.6 Å². The molecular formula is C13H15N5OS. The van der Waals surface area contributed by atoms with E-state index in [-0.39, 0.29) is 5.91 Å². The molecule has 1 aromatic carbocycles. The first-order chi connectivity index (χ1) is 9.78. The molecule has 104 valence electrons. The summed E-state index contributed by atoms with van der Waals surface area (Å²) >= 11 is 1.35. The molecule has 20 heavy (non-hydrogen) atoms. The Labute approximate surface area is 121 Å². The summed E-state index contributed by atoms with van der Waals surface area (Å²) in [6.07, 6.45) is 0. The van der Waals surface area contributed by atoms with Crippen LogP contribution in [0.5, 0.6) is 0 Å². The smallest absolute Gasteiger partial charge is 0.243 e. The second kappa shape index (κ2) is 5.46. The van der Waals surface area contributed by atoms with Crippen molar-refractivity contribution in [3.05, 3.63) is 30.0 Å². The van der Waals surface area contributed by atoms with Gasteiger partial charge in [-0.3, -0.25) is 4.79 Å². The largest absolute Gasteiger partial charge is 0.374 e. The summed E-state index contributed by atoms with van der Waals surface area (Å²) in [5, 5.41) is 11.3. The van der Waals surface area contributed by atoms with Crippen LogP contribution in [0, 0.1) is 0 Å². The van der Waals surface area contributed by atoms with E-state index in [1.165, 1.54) is 11.5 Å². The minimum atomic E-state index is -0.00288. The third kappa shape index (κ3) is 2.44. The third-order valence-electron chi connectivity index (χ3n) is 3.09. The fourth-order valence-electron chi connectivity index (χ4n) is 2.23. The average Bonchev–Trinajstić information content (AvgIpc) is 2.86. The molecule has 2 heterocycles. The van der Waals surface area contributed by atoms with Gasteiger partial charge in [-0.1, -0.05) is 16.6 Å². The summed E-state index contributed by atoms with van der Waals surface area (Å²) in [6.45, 7) is 3.77. The van der Waals surface area contributed by atoms with E-state index >= 15 is 0 Å². The van der Waals surface area contributed by atoms with Crippen molar-refractivity contribution in [2.45, 2.75) is 13.5 Å². The van der Waals surface area contributed by atoms with Crippen LogP contribution in [0.4, 0.5) is 16.4 Å². The molecule has 0 atom stereocenters. The van der Waals surface area contributed by atoms with Gasteiger partial charge in [0.15, 0.2) is 0 Å². The van der Waals surface area contributed by atoms with Crippen molar-refractivity contribution in [2.24, 2.45) is 0 Å². The van der Waals surface area contributed by atoms with Gasteiger partial charge in [0.2, 0.25) is 5.91 Å². The molecule has 2 N–H and O–H groups in total. The number of anilines is 3. The van der Waals surface area contributed by atoms with Crippen molar-refractivity contribution in [1.29, 1.82) is 0 Å². The van der Waals surface area contributed by atoms with E-state index in [4.69, 9.17) is 0 Å². The van der Waals surface area contributed by atoms with Crippen LogP contribution in [-0.2, 0) is 11.3 Å². The predicted molar refractivity (Wildman–Crippen MR) is 80.2 cm³/mol. The number of rotatable bonds is 4. The number of carbonyl (C=O) groups excluding carboxylic acids is 1. The summed E-state index contributed by atoms with van der Waals surface area (Å²) in [5.74, 6) is -0.00288. The highest BCUT2D eigenvalue weighted by Gasteiger charge is 2.23. The lowest BCUT2D eigenvalue weighted by Gasteiger charge is -2.30. The van der Waals surface area contributed by atoms with Gasteiger partial charge >= 0.3 is 0 Å². The summed E-state index contributed by atoms with van der Waals surface area (Å²) in [4.78, 5) is 13.8. The van der Waals surface area contributed by atoms with E-state index in [2.05, 4.69) is 20.2 Å². The number of hydrogen-bond acceptors (Lipinski definition) is 6. The standard InChI is InChI=1S/C13H15N5OS/c1-2-14-13-10(16-17-20-13)7-18-8-12(19)15-9-5-3-4-6-11(9)18/h3-6,14H,2,7-8H2,1H3,(H,15,19). The lowest BCUT2D eigenvalue weighted by Crippen LogP contribution is -2.37. The summed E-state index contributed by atoms with van der Waals surface area (Å²) in [5.41, 5.74) is 2.74. The highest BCUT2D eigenvalue weighted by atomic mass is 32.1. The Balaban J connectivity index is 1.87. The number of fused-ring (bicyclic) bond motifs is 1. The van der Waals surface area contributed by atoms with Gasteiger partial charge in [0.05, 0.1) is 24.5 Å². The van der Waals surface area contributed by atoms with Gasteiger partial charge < -0.3 is 15.5 Å². The van der Waals surface area contributed by atoms with Crippen LogP contribution in [0.3, 0.4) is 0 Å². The minimum Gasteiger partial charge on any atom is -0.374 e. The monoisotopic (exact) mass is 289 g/mol. The maximum absolute atomic E-state index is 11.8. The van der Waals surface area contributed by atoms with Crippen LogP contribution < -0.4 is 15.5 Å². The van der Waals surface area contributed by atoms with Crippen LogP contribution in [0.25, 0.3) is 0 Å². The summed E-state index contributed by atoms with van der Waals surface area (Å²) < 4.78 is 3.98. The maximum Gasteiger partial charge on any atom is 0.243 e. The van der Waals surface area contributed by atoms with E-state index in [0.29, 0.717) is 13.1 Å². The van der Waals surface area contributed by atoms with E-state index in [0.717, 1.165) is 28.6 Å². The first-order valence-electron chi connectivity index (χ1n) is 6.47. The van der Waals surface area contributed by atoms with Gasteiger partial charge in [-0.2, -0.15) is 0 Å². The Morgan fingerprint density at radius 3 is 3.15 bits per heavy atom. The number of benzene rings is 1. The summed E-state index contributed by atoms with van der Waals surface area (Å²) in [7, 11) is 0. The molecule has 0 bridgehead atoms. The van der Waals surface area contributed by atoms with Crippen LogP contribution in [0.15, 0.2) is 24.3 Å². The molecule has 6 nitrogen and oxygen atoms in total. The zero-order valence-electron chi connectivity index (χ0n) is 11.1. The number of nitrogens with one attached hydrogen (secondary N) is 2. The average molecular weight is 289 g/mol. The van der Waals surface area contributed by atoms with Crippen molar-refractivity contribution < 1.29 is 4.79 Å². The molecule has 0 fully saturated rings. The van der Waals surface area contributed by atoms with Crippen molar-refractivity contribution in [3.63, 3.8) is 0 Å². The van der Waals surface area contributed by atoms with Crippen LogP contribution in [-0.4, -0.2) is 28.6 Å². The van der Waals surface area contributed by atoms with Gasteiger partial charge in [0.1, 0.15) is 10.7 Å². The molecule has 0 spiro atoms. The molecule has 3 rings (SSSR count). The van der Waals surface area contributed by atoms with E-state index in [1.54, 1.807) is 0 Å². The second-order valence-corrected chi connectivity index (χ2v) is 5.25. The van der Waals surface area contributed by atoms with Crippen LogP contribution in [0.2, 0.25) is 0 Å². The van der Waals surface area contributed by atoms with Gasteiger partial charge in [-0.25, -0.2) is 0 Å². The highest BCUT2D eigenvalue weighted by Crippen LogP contribution is 2.31. The Hall–Kier alpha value is -2.15. The number of amides is 1. The number of para-hydroxylation sites is 2. The van der Waals surface area contributed by atoms with Crippen LogP contribution >= 0.6 is 11.5 Å². The normalized spacial score (nSPS) is 13.8. The molecule has 0 aliphatic carbocycles. The molecule has 1 aliphatic rings. The Bertz CT molecular complexity index is 627. The summed E-state index contributed by atoms with van der Waals surface area (Å²) in [6, 6.07) is 7.79. The number of hydrogen-bond donors (Lipinski definition) is 2. The molecule has 0 saturated carbocycles. The molecule has 0 radical (unpaired) electrons. The molecule has 1 amide bonds. The number of nitrogens with zero attached hydrogens (tertiary/aromatic N) is 3. The Morgan fingerprint density at radius 1 is 1.45 bits per heavy atom. The molecule has 7 heteroatoms. The predicted octanol–water partition coefficient (Wildman–Crippen LogP) is 1.93. The third-order valence-corrected chi connectivity index (χ3v) is 3.81. The molecule has 0 saturated heterocycles. The second-order valence-electron chi connectivity index (χ2n) is 4.50. The quantitative estimate of drug-likeness (QED) is 0.900. The van der Waals surface area contributed by atoms with E-state index in [1.807, 2.05) is 36.1 Å². The lowest BCUT2D eigenvalue weighted by molar-refractivity contribution is -0.115. The first kappa shape index (κ1) is 12.9. The van der Waals surface area contributed by atoms with Crippen molar-refractivity contribution in [2.75, 3.05) is 28.6 Å². The highest BCUT2D eigenvalue weighted by molar-refractivity contribution is 7.10. The Morgan fingerprint density at radius 2 is 2.30 bits per heavy atom. The molecular weight excluding hydrogens is 274 g/mol. The van der Waals surface area contributed by atoms with Gasteiger partial charge in [0, 0.05) is 18.1 Å². The minimum absolute atomic E-state index is 0.00288. The fourth-order valence-corrected chi connectivity index (χ4v) is 2.87. The van der Waals surface area contributed by atoms with Crippen molar-refractivity contribution in [3.8, 4) is 0 Å². The van der Waals surface area contributed by atoms with Gasteiger partial charge in [-0.05, 0) is 19.1 Å². The SMILES string of the molecule is CCNc1snnc1CN1CC(=O)Nc2ccccc21. The van der Waals surface area contributed by atoms with Crippen molar-refractivity contribution in [1.82, 2.24) is 9.59 Å².